The number of carbonyl (C=O) groups excluding carboxylic acids is 1. The second-order valence-corrected chi connectivity index (χ2v) is 7.74. The van der Waals surface area contributed by atoms with Crippen LogP contribution in [0.2, 0.25) is 0 Å². The number of benzene rings is 1. The third kappa shape index (κ3) is 4.74. The Morgan fingerprint density at radius 3 is 2.58 bits per heavy atom. The van der Waals surface area contributed by atoms with Crippen LogP contribution in [0.15, 0.2) is 48.9 Å². The van der Waals surface area contributed by atoms with Crippen molar-refractivity contribution in [2.24, 2.45) is 0 Å². The van der Waals surface area contributed by atoms with E-state index in [1.165, 1.54) is 18.5 Å². The minimum absolute atomic E-state index is 0.00626. The number of nitrogens with zero attached hydrogens (tertiary/aromatic N) is 6. The molecule has 3 aromatic rings. The molecule has 0 atom stereocenters. The summed E-state index contributed by atoms with van der Waals surface area (Å²) in [6, 6.07) is 6.29. The highest BCUT2D eigenvalue weighted by atomic mass is 19.1. The van der Waals surface area contributed by atoms with Crippen molar-refractivity contribution in [3.05, 3.63) is 60.5 Å². The molecule has 1 saturated heterocycles. The lowest BCUT2D eigenvalue weighted by molar-refractivity contribution is -0.127. The number of nitrogens with two attached hydrogens (primary N) is 1. The van der Waals surface area contributed by atoms with Crippen molar-refractivity contribution in [1.29, 1.82) is 0 Å². The maximum absolute atomic E-state index is 14.9. The lowest BCUT2D eigenvalue weighted by Gasteiger charge is -2.36. The molecule has 0 unspecified atom stereocenters. The van der Waals surface area contributed by atoms with E-state index in [0.717, 1.165) is 0 Å². The lowest BCUT2D eigenvalue weighted by atomic mass is 10.1. The van der Waals surface area contributed by atoms with E-state index < -0.39 is 5.82 Å². The van der Waals surface area contributed by atoms with Crippen LogP contribution in [0.5, 0.6) is 11.8 Å². The summed E-state index contributed by atoms with van der Waals surface area (Å²) >= 11 is 0. The molecule has 0 spiro atoms. The van der Waals surface area contributed by atoms with Gasteiger partial charge in [0, 0.05) is 43.6 Å². The van der Waals surface area contributed by atoms with Gasteiger partial charge in [0.25, 0.3) is 0 Å². The molecule has 3 heterocycles. The van der Waals surface area contributed by atoms with Crippen molar-refractivity contribution in [2.75, 3.05) is 36.8 Å². The van der Waals surface area contributed by atoms with Gasteiger partial charge in [0.05, 0.1) is 5.56 Å². The van der Waals surface area contributed by atoms with E-state index in [4.69, 9.17) is 10.5 Å². The maximum Gasteiger partial charge on any atom is 0.322 e. The van der Waals surface area contributed by atoms with Gasteiger partial charge in [-0.3, -0.25) is 4.79 Å². The normalized spacial score (nSPS) is 13.7. The Labute approximate surface area is 190 Å². The van der Waals surface area contributed by atoms with E-state index >= 15 is 0 Å². The number of nitrogen functional groups attached to an aromatic ring is 1. The van der Waals surface area contributed by atoms with Crippen molar-refractivity contribution in [3.63, 3.8) is 0 Å². The Hall–Kier alpha value is -4.08. The Kier molecular flexibility index (Phi) is 6.16. The van der Waals surface area contributed by atoms with Crippen molar-refractivity contribution < 1.29 is 13.9 Å². The molecule has 0 aliphatic carbocycles. The largest absolute Gasteiger partial charge is 0.421 e. The van der Waals surface area contributed by atoms with Gasteiger partial charge in [-0.2, -0.15) is 0 Å². The van der Waals surface area contributed by atoms with Crippen LogP contribution in [-0.4, -0.2) is 56.9 Å². The zero-order valence-corrected chi connectivity index (χ0v) is 18.5. The Morgan fingerprint density at radius 2 is 1.91 bits per heavy atom. The predicted molar refractivity (Wildman–Crippen MR) is 122 cm³/mol. The van der Waals surface area contributed by atoms with Gasteiger partial charge in [-0.1, -0.05) is 12.6 Å². The van der Waals surface area contributed by atoms with Crippen molar-refractivity contribution in [1.82, 2.24) is 24.8 Å². The molecule has 0 bridgehead atoms. The Balaban J connectivity index is 1.59. The summed E-state index contributed by atoms with van der Waals surface area (Å²) in [4.78, 5) is 32.6. The fourth-order valence-electron chi connectivity index (χ4n) is 3.61. The number of aryl methyl sites for hydroxylation is 1. The second-order valence-electron chi connectivity index (χ2n) is 7.74. The number of piperazine rings is 1. The lowest BCUT2D eigenvalue weighted by Crippen LogP contribution is -2.49. The molecule has 1 aliphatic heterocycles. The first kappa shape index (κ1) is 22.1. The number of rotatable bonds is 5. The van der Waals surface area contributed by atoms with Crippen LogP contribution in [0, 0.1) is 12.7 Å². The van der Waals surface area contributed by atoms with Gasteiger partial charge in [-0.15, -0.1) is 0 Å². The third-order valence-corrected chi connectivity index (χ3v) is 5.28. The van der Waals surface area contributed by atoms with Crippen molar-refractivity contribution in [3.8, 4) is 22.9 Å². The van der Waals surface area contributed by atoms with Crippen LogP contribution in [0.25, 0.3) is 11.1 Å². The van der Waals surface area contributed by atoms with Crippen LogP contribution >= 0.6 is 0 Å². The van der Waals surface area contributed by atoms with Crippen LogP contribution < -0.4 is 15.4 Å². The first-order chi connectivity index (χ1) is 15.8. The first-order valence-corrected chi connectivity index (χ1v) is 10.4. The molecule has 170 valence electrons. The highest BCUT2D eigenvalue weighted by molar-refractivity contribution is 5.92. The van der Waals surface area contributed by atoms with Crippen molar-refractivity contribution >= 4 is 17.5 Å². The molecular formula is C23H24FN7O2. The third-order valence-electron chi connectivity index (χ3n) is 5.28. The molecule has 1 amide bonds. The van der Waals surface area contributed by atoms with Gasteiger partial charge in [0.1, 0.15) is 18.0 Å². The highest BCUT2D eigenvalue weighted by Gasteiger charge is 2.25. The number of ether oxygens (including phenoxy) is 1. The van der Waals surface area contributed by atoms with E-state index in [1.54, 1.807) is 37.1 Å². The fourth-order valence-corrected chi connectivity index (χ4v) is 3.61. The molecular weight excluding hydrogens is 425 g/mol. The molecule has 0 saturated carbocycles. The molecule has 2 aromatic heterocycles. The molecule has 0 radical (unpaired) electrons. The van der Waals surface area contributed by atoms with Crippen LogP contribution in [0.1, 0.15) is 12.6 Å². The molecule has 1 aromatic carbocycles. The molecule has 33 heavy (non-hydrogen) atoms. The van der Waals surface area contributed by atoms with Gasteiger partial charge >= 0.3 is 6.01 Å². The van der Waals surface area contributed by atoms with Crippen LogP contribution in [-0.2, 0) is 4.79 Å². The van der Waals surface area contributed by atoms with Gasteiger partial charge in [0.15, 0.2) is 11.6 Å². The molecule has 1 fully saturated rings. The molecule has 9 nitrogen and oxygen atoms in total. The number of amides is 1. The number of halogens is 1. The average molecular weight is 449 g/mol. The van der Waals surface area contributed by atoms with Crippen LogP contribution in [0.3, 0.4) is 0 Å². The average Bonchev–Trinajstić information content (AvgIpc) is 2.80. The van der Waals surface area contributed by atoms with Gasteiger partial charge in [-0.05, 0) is 37.6 Å². The quantitative estimate of drug-likeness (QED) is 0.592. The summed E-state index contributed by atoms with van der Waals surface area (Å²) in [6.45, 7) is 9.36. The first-order valence-electron chi connectivity index (χ1n) is 10.4. The Morgan fingerprint density at radius 1 is 1.15 bits per heavy atom. The molecule has 10 heteroatoms. The minimum atomic E-state index is -0.594. The van der Waals surface area contributed by atoms with Crippen molar-refractivity contribution in [2.45, 2.75) is 13.8 Å². The van der Waals surface area contributed by atoms with Gasteiger partial charge in [-0.25, -0.2) is 24.3 Å². The topological polar surface area (TPSA) is 110 Å². The smallest absolute Gasteiger partial charge is 0.322 e. The van der Waals surface area contributed by atoms with E-state index in [0.29, 0.717) is 54.4 Å². The molecule has 1 aliphatic rings. The fraction of sp³-hybridized carbons (Fsp3) is 0.261. The van der Waals surface area contributed by atoms with Gasteiger partial charge in [0.2, 0.25) is 5.91 Å². The van der Waals surface area contributed by atoms with E-state index in [1.807, 2.05) is 4.90 Å². The number of carbonyl (C=O) groups is 1. The van der Waals surface area contributed by atoms with E-state index in [-0.39, 0.29) is 23.5 Å². The summed E-state index contributed by atoms with van der Waals surface area (Å²) in [5, 5.41) is 0. The molecule has 2 N–H and O–H groups in total. The summed E-state index contributed by atoms with van der Waals surface area (Å²) in [5.74, 6) is 0.153. The number of hydrogen-bond acceptors (Lipinski definition) is 8. The van der Waals surface area contributed by atoms with Crippen LogP contribution in [0.4, 0.5) is 16.0 Å². The molecule has 4 rings (SSSR count). The summed E-state index contributed by atoms with van der Waals surface area (Å²) in [6.07, 6.45) is 2.92. The zero-order valence-electron chi connectivity index (χ0n) is 18.5. The standard InChI is InChI=1S/C23H24FN7O2/c1-14(2)22(32)31-10-8-30(9-11-31)21-19(20(25)27-13-28-21)16-4-5-18(17(24)12-16)33-23-26-7-6-15(3)29-23/h4-7,12-13H,1,8-11H2,2-3H3,(H2,25,27,28). The minimum Gasteiger partial charge on any atom is -0.421 e. The van der Waals surface area contributed by atoms with E-state index in [2.05, 4.69) is 26.5 Å². The highest BCUT2D eigenvalue weighted by Crippen LogP contribution is 2.36. The number of hydrogen-bond donors (Lipinski definition) is 1. The predicted octanol–water partition coefficient (Wildman–Crippen LogP) is 2.98. The number of anilines is 2. The second kappa shape index (κ2) is 9.19. The summed E-state index contributed by atoms with van der Waals surface area (Å²) in [7, 11) is 0. The summed E-state index contributed by atoms with van der Waals surface area (Å²) in [5.41, 5.74) is 8.42. The Bertz CT molecular complexity index is 1210. The maximum atomic E-state index is 14.9. The zero-order chi connectivity index (χ0) is 23.5. The van der Waals surface area contributed by atoms with E-state index in [9.17, 15) is 9.18 Å². The number of aromatic nitrogens is 4. The SMILES string of the molecule is C=C(C)C(=O)N1CCN(c2ncnc(N)c2-c2ccc(Oc3nccc(C)n3)c(F)c2)CC1. The van der Waals surface area contributed by atoms with Gasteiger partial charge < -0.3 is 20.3 Å². The summed E-state index contributed by atoms with van der Waals surface area (Å²) < 4.78 is 20.4. The monoisotopic (exact) mass is 449 g/mol.